The molecule has 0 unspecified atom stereocenters. The molecule has 3 aromatic rings. The van der Waals surface area contributed by atoms with E-state index in [1.54, 1.807) is 11.3 Å². The first-order valence-corrected chi connectivity index (χ1v) is 9.70. The van der Waals surface area contributed by atoms with Gasteiger partial charge in [0.2, 0.25) is 0 Å². The van der Waals surface area contributed by atoms with Crippen LogP contribution in [-0.2, 0) is 0 Å². The van der Waals surface area contributed by atoms with Gasteiger partial charge in [0.05, 0.1) is 11.2 Å². The molecule has 0 saturated carbocycles. The molecule has 136 valence electrons. The summed E-state index contributed by atoms with van der Waals surface area (Å²) in [5.74, 6) is 1.71. The van der Waals surface area contributed by atoms with Crippen molar-refractivity contribution in [3.05, 3.63) is 69.5 Å². The van der Waals surface area contributed by atoms with Crippen molar-refractivity contribution in [1.29, 1.82) is 0 Å². The van der Waals surface area contributed by atoms with Gasteiger partial charge in [0.15, 0.2) is 4.80 Å². The number of benzene rings is 2. The van der Waals surface area contributed by atoms with Crippen LogP contribution >= 0.6 is 11.3 Å². The van der Waals surface area contributed by atoms with Crippen LogP contribution in [0.1, 0.15) is 37.6 Å². The number of nitrogens with zero attached hydrogens (tertiary/aromatic N) is 2. The zero-order valence-electron chi connectivity index (χ0n) is 16.3. The highest BCUT2D eigenvalue weighted by Gasteiger charge is 2.14. The number of rotatable bonds is 3. The molecular formula is C22H26N2OS. The van der Waals surface area contributed by atoms with E-state index in [1.165, 1.54) is 22.5 Å². The molecule has 0 fully saturated rings. The lowest BCUT2D eigenvalue weighted by molar-refractivity contribution is 0.481. The number of ether oxygens (including phenoxy) is 1. The van der Waals surface area contributed by atoms with Crippen molar-refractivity contribution >= 4 is 11.3 Å². The predicted octanol–water partition coefficient (Wildman–Crippen LogP) is 5.96. The molecule has 0 atom stereocenters. The zero-order valence-corrected chi connectivity index (χ0v) is 17.1. The van der Waals surface area contributed by atoms with E-state index in [4.69, 9.17) is 9.73 Å². The Morgan fingerprint density at radius 1 is 0.923 bits per heavy atom. The molecule has 0 amide bonds. The topological polar surface area (TPSA) is 26.5 Å². The Kier molecular flexibility index (Phi) is 5.05. The average Bonchev–Trinajstić information content (AvgIpc) is 2.87. The van der Waals surface area contributed by atoms with Crippen LogP contribution in [0.15, 0.2) is 52.8 Å². The monoisotopic (exact) mass is 366 g/mol. The van der Waals surface area contributed by atoms with Crippen molar-refractivity contribution < 1.29 is 4.74 Å². The van der Waals surface area contributed by atoms with E-state index < -0.39 is 0 Å². The molecule has 1 aromatic heterocycles. The van der Waals surface area contributed by atoms with Crippen LogP contribution in [-0.4, -0.2) is 10.1 Å². The molecule has 0 saturated heterocycles. The van der Waals surface area contributed by atoms with Crippen LogP contribution in [0.2, 0.25) is 0 Å². The van der Waals surface area contributed by atoms with Crippen molar-refractivity contribution in [2.75, 3.05) is 0 Å². The summed E-state index contributed by atoms with van der Waals surface area (Å²) in [5.41, 5.74) is 4.62. The summed E-state index contributed by atoms with van der Waals surface area (Å²) in [7, 11) is 0. The van der Waals surface area contributed by atoms with Gasteiger partial charge in [-0.3, -0.25) is 9.56 Å². The predicted molar refractivity (Wildman–Crippen MR) is 110 cm³/mol. The lowest BCUT2D eigenvalue weighted by Crippen LogP contribution is -2.22. The maximum Gasteiger partial charge on any atom is 0.190 e. The van der Waals surface area contributed by atoms with Gasteiger partial charge in [-0.15, -0.1) is 11.3 Å². The first-order chi connectivity index (χ1) is 12.2. The maximum atomic E-state index is 6.02. The Bertz CT molecular complexity index is 952. The second-order valence-electron chi connectivity index (χ2n) is 7.60. The van der Waals surface area contributed by atoms with E-state index in [-0.39, 0.29) is 5.54 Å². The van der Waals surface area contributed by atoms with Crippen LogP contribution in [0, 0.1) is 20.8 Å². The molecule has 26 heavy (non-hydrogen) atoms. The molecule has 2 aromatic carbocycles. The van der Waals surface area contributed by atoms with Crippen molar-refractivity contribution in [2.45, 2.75) is 47.1 Å². The fourth-order valence-corrected chi connectivity index (χ4v) is 4.03. The minimum Gasteiger partial charge on any atom is -0.457 e. The van der Waals surface area contributed by atoms with Gasteiger partial charge in [0.25, 0.3) is 0 Å². The molecule has 1 heterocycles. The molecule has 3 nitrogen and oxygen atoms in total. The zero-order chi connectivity index (χ0) is 18.9. The summed E-state index contributed by atoms with van der Waals surface area (Å²) in [6.45, 7) is 12.8. The molecule has 0 aliphatic carbocycles. The Labute approximate surface area is 159 Å². The van der Waals surface area contributed by atoms with E-state index in [1.807, 2.05) is 30.3 Å². The van der Waals surface area contributed by atoms with Gasteiger partial charge in [-0.05, 0) is 76.9 Å². The molecule has 0 radical (unpaired) electrons. The second-order valence-corrected chi connectivity index (χ2v) is 8.44. The Morgan fingerprint density at radius 2 is 1.54 bits per heavy atom. The summed E-state index contributed by atoms with van der Waals surface area (Å²) in [6.07, 6.45) is 0. The molecule has 0 bridgehead atoms. The third-order valence-electron chi connectivity index (χ3n) is 3.98. The molecular weight excluding hydrogens is 340 g/mol. The molecule has 0 spiro atoms. The van der Waals surface area contributed by atoms with Crippen LogP contribution in [0.4, 0.5) is 0 Å². The first-order valence-electron chi connectivity index (χ1n) is 8.82. The van der Waals surface area contributed by atoms with Gasteiger partial charge in [-0.2, -0.15) is 0 Å². The summed E-state index contributed by atoms with van der Waals surface area (Å²) in [6, 6.07) is 14.1. The standard InChI is InChI=1S/C22H26N2OS/c1-15-12-19(25-18-10-8-7-9-11-18)13-16(2)20(15)24-17(3)14-26-21(24)23-22(4,5)6/h7-14H,1-6H3. The third-order valence-corrected chi connectivity index (χ3v) is 4.92. The summed E-state index contributed by atoms with van der Waals surface area (Å²) >= 11 is 1.69. The highest BCUT2D eigenvalue weighted by molar-refractivity contribution is 7.07. The van der Waals surface area contributed by atoms with E-state index >= 15 is 0 Å². The van der Waals surface area contributed by atoms with Gasteiger partial charge in [-0.25, -0.2) is 0 Å². The number of aromatic nitrogens is 1. The lowest BCUT2D eigenvalue weighted by atomic mass is 10.1. The Balaban J connectivity index is 2.08. The van der Waals surface area contributed by atoms with Crippen molar-refractivity contribution in [2.24, 2.45) is 4.99 Å². The van der Waals surface area contributed by atoms with Crippen LogP contribution in [0.5, 0.6) is 11.5 Å². The van der Waals surface area contributed by atoms with Gasteiger partial charge in [0, 0.05) is 11.1 Å². The fraction of sp³-hybridized carbons (Fsp3) is 0.318. The van der Waals surface area contributed by atoms with Crippen molar-refractivity contribution in [3.63, 3.8) is 0 Å². The van der Waals surface area contributed by atoms with Crippen molar-refractivity contribution in [1.82, 2.24) is 4.57 Å². The van der Waals surface area contributed by atoms with Crippen LogP contribution in [0.25, 0.3) is 5.69 Å². The fourth-order valence-electron chi connectivity index (χ4n) is 2.98. The Hall–Kier alpha value is -2.33. The average molecular weight is 367 g/mol. The third kappa shape index (κ3) is 4.07. The number of aryl methyl sites for hydroxylation is 3. The second kappa shape index (κ2) is 7.12. The number of hydrogen-bond donors (Lipinski definition) is 0. The van der Waals surface area contributed by atoms with Gasteiger partial charge in [0.1, 0.15) is 11.5 Å². The molecule has 0 aliphatic rings. The first kappa shape index (κ1) is 18.5. The summed E-state index contributed by atoms with van der Waals surface area (Å²) < 4.78 is 8.28. The molecule has 0 N–H and O–H groups in total. The van der Waals surface area contributed by atoms with Crippen molar-refractivity contribution in [3.8, 4) is 17.2 Å². The minimum absolute atomic E-state index is 0.114. The van der Waals surface area contributed by atoms with Gasteiger partial charge in [-0.1, -0.05) is 18.2 Å². The van der Waals surface area contributed by atoms with Crippen LogP contribution in [0.3, 0.4) is 0 Å². The highest BCUT2D eigenvalue weighted by atomic mass is 32.1. The lowest BCUT2D eigenvalue weighted by Gasteiger charge is -2.17. The Morgan fingerprint density at radius 3 is 2.12 bits per heavy atom. The summed E-state index contributed by atoms with van der Waals surface area (Å²) in [4.78, 5) is 5.94. The van der Waals surface area contributed by atoms with E-state index in [9.17, 15) is 0 Å². The SMILES string of the molecule is Cc1cc(Oc2ccccc2)cc(C)c1-n1c(C)csc1=NC(C)(C)C. The number of thiazole rings is 1. The maximum absolute atomic E-state index is 6.02. The summed E-state index contributed by atoms with van der Waals surface area (Å²) in [5, 5.41) is 2.16. The minimum atomic E-state index is -0.114. The molecule has 3 rings (SSSR count). The normalized spacial score (nSPS) is 12.5. The quantitative estimate of drug-likeness (QED) is 0.562. The van der Waals surface area contributed by atoms with E-state index in [0.717, 1.165) is 16.3 Å². The molecule has 0 aliphatic heterocycles. The smallest absolute Gasteiger partial charge is 0.190 e. The number of hydrogen-bond acceptors (Lipinski definition) is 3. The largest absolute Gasteiger partial charge is 0.457 e. The van der Waals surface area contributed by atoms with E-state index in [2.05, 4.69) is 63.6 Å². The molecule has 4 heteroatoms. The number of para-hydroxylation sites is 1. The van der Waals surface area contributed by atoms with Gasteiger partial charge < -0.3 is 4.74 Å². The van der Waals surface area contributed by atoms with Gasteiger partial charge >= 0.3 is 0 Å². The van der Waals surface area contributed by atoms with Crippen LogP contribution < -0.4 is 9.54 Å². The highest BCUT2D eigenvalue weighted by Crippen LogP contribution is 2.29. The van der Waals surface area contributed by atoms with E-state index in [0.29, 0.717) is 0 Å².